The summed E-state index contributed by atoms with van der Waals surface area (Å²) in [6.45, 7) is 1.83. The Morgan fingerprint density at radius 3 is 2.88 bits per heavy atom. The molecule has 1 amide bonds. The Morgan fingerprint density at radius 1 is 1.50 bits per heavy atom. The number of nitrogens with one attached hydrogen (secondary N) is 1. The van der Waals surface area contributed by atoms with E-state index in [1.165, 1.54) is 6.26 Å². The molecule has 1 aromatic rings. The van der Waals surface area contributed by atoms with E-state index in [0.717, 1.165) is 31.2 Å². The molecule has 2 atom stereocenters. The van der Waals surface area contributed by atoms with E-state index in [0.29, 0.717) is 5.76 Å². The van der Waals surface area contributed by atoms with Crippen molar-refractivity contribution in [1.29, 1.82) is 0 Å². The van der Waals surface area contributed by atoms with Gasteiger partial charge in [0.2, 0.25) is 0 Å². The number of amides is 1. The zero-order chi connectivity index (χ0) is 11.5. The zero-order valence-corrected chi connectivity index (χ0v) is 9.40. The average molecular weight is 223 g/mol. The Morgan fingerprint density at radius 2 is 2.25 bits per heavy atom. The molecule has 0 spiro atoms. The smallest absolute Gasteiger partial charge is 0.287 e. The summed E-state index contributed by atoms with van der Waals surface area (Å²) in [4.78, 5) is 11.8. The van der Waals surface area contributed by atoms with E-state index in [2.05, 4.69) is 5.32 Å². The highest BCUT2D eigenvalue weighted by Crippen LogP contribution is 2.19. The number of hydrogen-bond acceptors (Lipinski definition) is 3. The van der Waals surface area contributed by atoms with Crippen molar-refractivity contribution >= 4 is 5.91 Å². The van der Waals surface area contributed by atoms with Gasteiger partial charge in [-0.05, 0) is 25.8 Å². The van der Waals surface area contributed by atoms with E-state index in [4.69, 9.17) is 4.42 Å². The summed E-state index contributed by atoms with van der Waals surface area (Å²) in [7, 11) is 0. The second-order valence-electron chi connectivity index (χ2n) is 4.36. The third-order valence-corrected chi connectivity index (χ3v) is 3.11. The lowest BCUT2D eigenvalue weighted by Crippen LogP contribution is -2.45. The third kappa shape index (κ3) is 2.27. The maximum Gasteiger partial charge on any atom is 0.287 e. The molecule has 88 valence electrons. The minimum atomic E-state index is -0.423. The third-order valence-electron chi connectivity index (χ3n) is 3.11. The molecule has 1 heterocycles. The molecule has 0 aliphatic heterocycles. The van der Waals surface area contributed by atoms with Crippen LogP contribution in [0.1, 0.15) is 41.8 Å². The first-order chi connectivity index (χ1) is 7.68. The van der Waals surface area contributed by atoms with Crippen molar-refractivity contribution in [3.8, 4) is 0 Å². The fourth-order valence-electron chi connectivity index (χ4n) is 2.12. The monoisotopic (exact) mass is 223 g/mol. The minimum absolute atomic E-state index is 0.134. The summed E-state index contributed by atoms with van der Waals surface area (Å²) in [5, 5.41) is 12.6. The van der Waals surface area contributed by atoms with E-state index in [1.54, 1.807) is 6.07 Å². The van der Waals surface area contributed by atoms with Crippen molar-refractivity contribution in [2.24, 2.45) is 0 Å². The molecule has 16 heavy (non-hydrogen) atoms. The Bertz CT molecular complexity index is 372. The molecule has 1 saturated carbocycles. The first kappa shape index (κ1) is 11.2. The molecule has 1 aliphatic rings. The number of aliphatic hydroxyl groups excluding tert-OH is 1. The Labute approximate surface area is 94.6 Å². The lowest BCUT2D eigenvalue weighted by atomic mass is 9.92. The van der Waals surface area contributed by atoms with Gasteiger partial charge in [-0.3, -0.25) is 4.79 Å². The van der Waals surface area contributed by atoms with Crippen molar-refractivity contribution in [2.75, 3.05) is 0 Å². The Hall–Kier alpha value is -1.29. The molecule has 2 N–H and O–H groups in total. The van der Waals surface area contributed by atoms with Crippen LogP contribution in [0.5, 0.6) is 0 Å². The fraction of sp³-hybridized carbons (Fsp3) is 0.583. The van der Waals surface area contributed by atoms with Gasteiger partial charge in [0.05, 0.1) is 18.4 Å². The zero-order valence-electron chi connectivity index (χ0n) is 9.40. The maximum atomic E-state index is 11.8. The van der Waals surface area contributed by atoms with Crippen LogP contribution >= 0.6 is 0 Å². The molecule has 0 saturated heterocycles. The van der Waals surface area contributed by atoms with Crippen molar-refractivity contribution in [3.05, 3.63) is 23.7 Å². The predicted molar refractivity (Wildman–Crippen MR) is 59.2 cm³/mol. The molecule has 1 aromatic heterocycles. The quantitative estimate of drug-likeness (QED) is 0.800. The molecule has 1 fully saturated rings. The van der Waals surface area contributed by atoms with Crippen molar-refractivity contribution in [3.63, 3.8) is 0 Å². The van der Waals surface area contributed by atoms with Crippen LogP contribution in [-0.4, -0.2) is 23.2 Å². The summed E-state index contributed by atoms with van der Waals surface area (Å²) in [6, 6.07) is 1.62. The minimum Gasteiger partial charge on any atom is -0.459 e. The van der Waals surface area contributed by atoms with Gasteiger partial charge >= 0.3 is 0 Å². The Balaban J connectivity index is 1.99. The first-order valence-electron chi connectivity index (χ1n) is 5.71. The number of furan rings is 1. The average Bonchev–Trinajstić information content (AvgIpc) is 2.68. The number of carbonyl (C=O) groups is 1. The first-order valence-corrected chi connectivity index (χ1v) is 5.71. The van der Waals surface area contributed by atoms with Crippen LogP contribution in [0, 0.1) is 6.92 Å². The number of aliphatic hydroxyl groups is 1. The van der Waals surface area contributed by atoms with Crippen LogP contribution in [0.25, 0.3) is 0 Å². The standard InChI is InChI=1S/C12H17NO3/c1-8-6-7-16-11(8)12(15)13-9-4-2-3-5-10(9)14/h6-7,9-10,14H,2-5H2,1H3,(H,13,15). The van der Waals surface area contributed by atoms with E-state index in [-0.39, 0.29) is 11.9 Å². The molecule has 0 aromatic carbocycles. The molecule has 2 rings (SSSR count). The van der Waals surface area contributed by atoms with Crippen LogP contribution in [-0.2, 0) is 0 Å². The molecule has 2 unspecified atom stereocenters. The number of aryl methyl sites for hydroxylation is 1. The van der Waals surface area contributed by atoms with Crippen LogP contribution in [0.2, 0.25) is 0 Å². The van der Waals surface area contributed by atoms with Crippen molar-refractivity contribution < 1.29 is 14.3 Å². The summed E-state index contributed by atoms with van der Waals surface area (Å²) in [6.07, 6.45) is 4.77. The van der Waals surface area contributed by atoms with Crippen LogP contribution in [0.3, 0.4) is 0 Å². The number of hydrogen-bond donors (Lipinski definition) is 2. The van der Waals surface area contributed by atoms with Crippen LogP contribution in [0.15, 0.2) is 16.7 Å². The summed E-state index contributed by atoms with van der Waals surface area (Å²) in [5.41, 5.74) is 0.822. The molecule has 4 heteroatoms. The highest BCUT2D eigenvalue weighted by atomic mass is 16.3. The van der Waals surface area contributed by atoms with Gasteiger partial charge in [0, 0.05) is 5.56 Å². The van der Waals surface area contributed by atoms with E-state index in [9.17, 15) is 9.90 Å². The highest BCUT2D eigenvalue weighted by Gasteiger charge is 2.26. The van der Waals surface area contributed by atoms with Gasteiger partial charge in [-0.15, -0.1) is 0 Å². The SMILES string of the molecule is Cc1ccoc1C(=O)NC1CCCCC1O. The fourth-order valence-corrected chi connectivity index (χ4v) is 2.12. The number of rotatable bonds is 2. The normalized spacial score (nSPS) is 25.4. The molecule has 4 nitrogen and oxygen atoms in total. The summed E-state index contributed by atoms with van der Waals surface area (Å²) < 4.78 is 5.11. The van der Waals surface area contributed by atoms with Gasteiger partial charge in [0.15, 0.2) is 5.76 Å². The molecule has 0 bridgehead atoms. The van der Waals surface area contributed by atoms with Gasteiger partial charge in [0.1, 0.15) is 0 Å². The number of carbonyl (C=O) groups excluding carboxylic acids is 1. The van der Waals surface area contributed by atoms with Crippen molar-refractivity contribution in [1.82, 2.24) is 5.32 Å². The van der Waals surface area contributed by atoms with Gasteiger partial charge < -0.3 is 14.8 Å². The lowest BCUT2D eigenvalue weighted by molar-refractivity contribution is 0.0697. The van der Waals surface area contributed by atoms with Crippen molar-refractivity contribution in [2.45, 2.75) is 44.8 Å². The largest absolute Gasteiger partial charge is 0.459 e. The van der Waals surface area contributed by atoms with E-state index < -0.39 is 6.10 Å². The second kappa shape index (κ2) is 4.70. The Kier molecular flexibility index (Phi) is 3.29. The van der Waals surface area contributed by atoms with Gasteiger partial charge in [-0.25, -0.2) is 0 Å². The van der Waals surface area contributed by atoms with Crippen LogP contribution in [0.4, 0.5) is 0 Å². The molecule has 0 radical (unpaired) electrons. The molecule has 1 aliphatic carbocycles. The van der Waals surface area contributed by atoms with Gasteiger partial charge in [-0.2, -0.15) is 0 Å². The molecular weight excluding hydrogens is 206 g/mol. The summed E-state index contributed by atoms with van der Waals surface area (Å²) >= 11 is 0. The van der Waals surface area contributed by atoms with Gasteiger partial charge in [-0.1, -0.05) is 12.8 Å². The van der Waals surface area contributed by atoms with Crippen LogP contribution < -0.4 is 5.32 Å². The molecular formula is C12H17NO3. The van der Waals surface area contributed by atoms with E-state index >= 15 is 0 Å². The summed E-state index contributed by atoms with van der Waals surface area (Å²) in [5.74, 6) is 0.117. The lowest BCUT2D eigenvalue weighted by Gasteiger charge is -2.28. The topological polar surface area (TPSA) is 62.5 Å². The maximum absolute atomic E-state index is 11.8. The highest BCUT2D eigenvalue weighted by molar-refractivity contribution is 5.93. The second-order valence-corrected chi connectivity index (χ2v) is 4.36. The van der Waals surface area contributed by atoms with Gasteiger partial charge in [0.25, 0.3) is 5.91 Å². The van der Waals surface area contributed by atoms with E-state index in [1.807, 2.05) is 6.92 Å². The predicted octanol–water partition coefficient (Wildman–Crippen LogP) is 1.62.